The third-order valence-corrected chi connectivity index (χ3v) is 7.06. The Labute approximate surface area is 211 Å². The molecular weight excluding hydrogens is 498 g/mol. The van der Waals surface area contributed by atoms with Crippen molar-refractivity contribution in [2.24, 2.45) is 0 Å². The van der Waals surface area contributed by atoms with Crippen molar-refractivity contribution in [1.29, 1.82) is 0 Å². The Morgan fingerprint density at radius 3 is 2.70 bits per heavy atom. The minimum Gasteiger partial charge on any atom is -0.508 e. The number of phenols is 1. The fourth-order valence-corrected chi connectivity index (χ4v) is 5.37. The van der Waals surface area contributed by atoms with Crippen LogP contribution in [0.2, 0.25) is 0 Å². The monoisotopic (exact) mass is 516 g/mol. The number of nitrogens with two attached hydrogens (primary N) is 1. The minimum atomic E-state index is -0.645. The van der Waals surface area contributed by atoms with Crippen molar-refractivity contribution >= 4 is 38.3 Å². The molecule has 0 unspecified atom stereocenters. The fourth-order valence-electron chi connectivity index (χ4n) is 4.44. The molecule has 4 aromatic heterocycles. The lowest BCUT2D eigenvalue weighted by Crippen LogP contribution is -2.26. The van der Waals surface area contributed by atoms with Gasteiger partial charge in [-0.25, -0.2) is 23.4 Å². The van der Waals surface area contributed by atoms with Crippen molar-refractivity contribution < 1.29 is 13.9 Å². The summed E-state index contributed by atoms with van der Waals surface area (Å²) in [6.45, 7) is 1.74. The number of aromatic nitrogens is 5. The Morgan fingerprint density at radius 1 is 1.11 bits per heavy atom. The molecule has 2 aromatic carbocycles. The average Bonchev–Trinajstić information content (AvgIpc) is 3.41. The van der Waals surface area contributed by atoms with Crippen molar-refractivity contribution in [3.8, 4) is 22.7 Å². The first-order valence-corrected chi connectivity index (χ1v) is 12.1. The van der Waals surface area contributed by atoms with Crippen LogP contribution >= 0.6 is 11.3 Å². The lowest BCUT2D eigenvalue weighted by atomic mass is 10.1. The van der Waals surface area contributed by atoms with Crippen LogP contribution < -0.4 is 11.3 Å². The third-order valence-electron chi connectivity index (χ3n) is 6.07. The number of rotatable bonds is 4. The topological polar surface area (TPSA) is 112 Å². The van der Waals surface area contributed by atoms with Crippen LogP contribution in [-0.4, -0.2) is 29.4 Å². The first kappa shape index (κ1) is 22.8. The molecule has 0 fully saturated rings. The van der Waals surface area contributed by atoms with E-state index in [0.717, 1.165) is 11.6 Å². The summed E-state index contributed by atoms with van der Waals surface area (Å²) in [5, 5.41) is 17.3. The molecular formula is C26H18F2N6O2S. The number of hydrogen-bond donors (Lipinski definition) is 2. The molecule has 0 saturated carbocycles. The van der Waals surface area contributed by atoms with Crippen LogP contribution in [0.4, 0.5) is 14.5 Å². The molecule has 0 radical (unpaired) electrons. The number of nitrogens with zero attached hydrogens (tertiary/aromatic N) is 5. The van der Waals surface area contributed by atoms with Crippen LogP contribution in [0.25, 0.3) is 38.2 Å². The number of nitrogen functional groups attached to an aromatic ring is 1. The van der Waals surface area contributed by atoms with Crippen LogP contribution in [0.1, 0.15) is 11.4 Å². The standard InChI is InChI=1S/C26H18F2N6O2S/c1-13-12-37-25-21(13)26(36)34(19-5-3-2-4-17(19)28)20(31-25)11-33-24-22(18(29)6-7-30-24)23(32-33)14-8-15(27)10-16(35)9-14/h2-10,12,35H,11H2,1H3,(H2,29,30). The summed E-state index contributed by atoms with van der Waals surface area (Å²) in [5.74, 6) is -1.27. The molecule has 0 aliphatic heterocycles. The van der Waals surface area contributed by atoms with Gasteiger partial charge in [0.2, 0.25) is 0 Å². The molecule has 3 N–H and O–H groups in total. The fraction of sp³-hybridized carbons (Fsp3) is 0.0769. The van der Waals surface area contributed by atoms with Gasteiger partial charge in [-0.15, -0.1) is 11.3 Å². The van der Waals surface area contributed by atoms with E-state index in [0.29, 0.717) is 38.2 Å². The second-order valence-electron chi connectivity index (χ2n) is 8.52. The van der Waals surface area contributed by atoms with Gasteiger partial charge in [-0.1, -0.05) is 12.1 Å². The van der Waals surface area contributed by atoms with E-state index < -0.39 is 17.2 Å². The highest BCUT2D eigenvalue weighted by Gasteiger charge is 2.22. The summed E-state index contributed by atoms with van der Waals surface area (Å²) in [6, 6.07) is 11.1. The number of hydrogen-bond acceptors (Lipinski definition) is 7. The maximum Gasteiger partial charge on any atom is 0.267 e. The van der Waals surface area contributed by atoms with E-state index in [-0.39, 0.29) is 23.8 Å². The number of fused-ring (bicyclic) bond motifs is 2. The van der Waals surface area contributed by atoms with Crippen molar-refractivity contribution in [3.63, 3.8) is 0 Å². The number of thiophene rings is 1. The van der Waals surface area contributed by atoms with Crippen molar-refractivity contribution in [2.75, 3.05) is 5.73 Å². The lowest BCUT2D eigenvalue weighted by molar-refractivity contribution is 0.469. The molecule has 4 heterocycles. The average molecular weight is 517 g/mol. The number of aryl methyl sites for hydroxylation is 1. The van der Waals surface area contributed by atoms with E-state index in [1.165, 1.54) is 51.0 Å². The minimum absolute atomic E-state index is 0.0571. The predicted molar refractivity (Wildman–Crippen MR) is 138 cm³/mol. The molecule has 0 aliphatic rings. The zero-order valence-corrected chi connectivity index (χ0v) is 20.1. The summed E-state index contributed by atoms with van der Waals surface area (Å²) < 4.78 is 31.8. The Kier molecular flexibility index (Phi) is 5.23. The highest BCUT2D eigenvalue weighted by atomic mass is 32.1. The SMILES string of the molecule is Cc1csc2nc(Cn3nc(-c4cc(O)cc(F)c4)c4c(N)ccnc43)n(-c3ccccc3F)c(=O)c12. The second kappa shape index (κ2) is 8.49. The summed E-state index contributed by atoms with van der Waals surface area (Å²) >= 11 is 1.32. The molecule has 8 nitrogen and oxygen atoms in total. The van der Waals surface area contributed by atoms with Gasteiger partial charge in [-0.2, -0.15) is 5.10 Å². The zero-order valence-electron chi connectivity index (χ0n) is 19.3. The van der Waals surface area contributed by atoms with Gasteiger partial charge in [0.25, 0.3) is 5.56 Å². The molecule has 0 spiro atoms. The number of aromatic hydroxyl groups is 1. The van der Waals surface area contributed by atoms with E-state index in [4.69, 9.17) is 10.7 Å². The van der Waals surface area contributed by atoms with Crippen molar-refractivity contribution in [2.45, 2.75) is 13.5 Å². The van der Waals surface area contributed by atoms with Crippen LogP contribution in [0.5, 0.6) is 5.75 Å². The van der Waals surface area contributed by atoms with Crippen LogP contribution in [0.15, 0.2) is 64.9 Å². The van der Waals surface area contributed by atoms with Gasteiger partial charge in [0, 0.05) is 23.5 Å². The van der Waals surface area contributed by atoms with E-state index in [9.17, 15) is 18.7 Å². The van der Waals surface area contributed by atoms with E-state index >= 15 is 0 Å². The van der Waals surface area contributed by atoms with Gasteiger partial charge in [-0.3, -0.25) is 9.36 Å². The molecule has 0 saturated heterocycles. The van der Waals surface area contributed by atoms with Gasteiger partial charge in [-0.05, 0) is 48.2 Å². The Hall–Kier alpha value is -4.64. The molecule has 0 bridgehead atoms. The highest BCUT2D eigenvalue weighted by molar-refractivity contribution is 7.16. The summed E-state index contributed by atoms with van der Waals surface area (Å²) in [4.78, 5) is 23.3. The van der Waals surface area contributed by atoms with E-state index in [2.05, 4.69) is 10.1 Å². The molecule has 0 aliphatic carbocycles. The van der Waals surface area contributed by atoms with Gasteiger partial charge in [0.1, 0.15) is 40.3 Å². The normalized spacial score (nSPS) is 11.5. The molecule has 184 valence electrons. The maximum absolute atomic E-state index is 14.9. The summed E-state index contributed by atoms with van der Waals surface area (Å²) in [5.41, 5.74) is 7.95. The van der Waals surface area contributed by atoms with Crippen molar-refractivity contribution in [3.05, 3.63) is 93.5 Å². The number of benzene rings is 2. The second-order valence-corrected chi connectivity index (χ2v) is 9.38. The Balaban J connectivity index is 1.62. The van der Waals surface area contributed by atoms with Gasteiger partial charge < -0.3 is 10.8 Å². The molecule has 11 heteroatoms. The molecule has 6 aromatic rings. The van der Waals surface area contributed by atoms with Crippen molar-refractivity contribution in [1.82, 2.24) is 24.3 Å². The highest BCUT2D eigenvalue weighted by Crippen LogP contribution is 2.33. The van der Waals surface area contributed by atoms with Crippen LogP contribution in [0, 0.1) is 18.6 Å². The molecule has 0 atom stereocenters. The quantitative estimate of drug-likeness (QED) is 0.349. The smallest absolute Gasteiger partial charge is 0.267 e. The Morgan fingerprint density at radius 2 is 1.92 bits per heavy atom. The maximum atomic E-state index is 14.9. The number of pyridine rings is 1. The number of para-hydroxylation sites is 1. The number of halogens is 2. The Bertz CT molecular complexity index is 1890. The van der Waals surface area contributed by atoms with Gasteiger partial charge in [0.15, 0.2) is 5.65 Å². The predicted octanol–water partition coefficient (Wildman–Crippen LogP) is 4.78. The molecule has 37 heavy (non-hydrogen) atoms. The summed E-state index contributed by atoms with van der Waals surface area (Å²) in [6.07, 6.45) is 1.51. The number of phenolic OH excluding ortho intramolecular Hbond substituents is 1. The van der Waals surface area contributed by atoms with Crippen LogP contribution in [0.3, 0.4) is 0 Å². The van der Waals surface area contributed by atoms with E-state index in [1.807, 2.05) is 12.3 Å². The van der Waals surface area contributed by atoms with Gasteiger partial charge in [0.05, 0.1) is 16.5 Å². The van der Waals surface area contributed by atoms with E-state index in [1.54, 1.807) is 18.2 Å². The van der Waals surface area contributed by atoms with Gasteiger partial charge >= 0.3 is 0 Å². The summed E-state index contributed by atoms with van der Waals surface area (Å²) in [7, 11) is 0. The zero-order chi connectivity index (χ0) is 25.8. The van der Waals surface area contributed by atoms with Crippen LogP contribution in [-0.2, 0) is 6.54 Å². The largest absolute Gasteiger partial charge is 0.508 e. The molecule has 0 amide bonds. The number of anilines is 1. The molecule has 6 rings (SSSR count). The third kappa shape index (κ3) is 3.71. The first-order valence-electron chi connectivity index (χ1n) is 11.2. The lowest BCUT2D eigenvalue weighted by Gasteiger charge is -2.14. The first-order chi connectivity index (χ1) is 17.8.